The molecular formula is C18H15N3OS. The second-order valence-electron chi connectivity index (χ2n) is 5.51. The normalized spacial score (nSPS) is 14.1. The molecule has 1 aliphatic heterocycles. The molecule has 3 heterocycles. The van der Waals surface area contributed by atoms with Gasteiger partial charge in [-0.25, -0.2) is 4.98 Å². The third kappa shape index (κ3) is 2.87. The fraction of sp³-hybridized carbons (Fsp3) is 0.167. The van der Waals surface area contributed by atoms with Crippen molar-refractivity contribution < 1.29 is 0 Å². The van der Waals surface area contributed by atoms with E-state index in [0.29, 0.717) is 11.8 Å². The highest BCUT2D eigenvalue weighted by molar-refractivity contribution is 7.08. The molecule has 1 N–H and O–H groups in total. The molecule has 0 bridgehead atoms. The fourth-order valence-electron chi connectivity index (χ4n) is 2.74. The number of nitrogens with one attached hydrogen (secondary N) is 1. The summed E-state index contributed by atoms with van der Waals surface area (Å²) in [6.07, 6.45) is 4.55. The van der Waals surface area contributed by atoms with E-state index in [-0.39, 0.29) is 5.56 Å². The average Bonchev–Trinajstić information content (AvgIpc) is 3.24. The van der Waals surface area contributed by atoms with Gasteiger partial charge in [0.05, 0.1) is 16.6 Å². The van der Waals surface area contributed by atoms with Gasteiger partial charge in [0.2, 0.25) is 0 Å². The number of benzene rings is 1. The van der Waals surface area contributed by atoms with E-state index >= 15 is 0 Å². The zero-order valence-corrected chi connectivity index (χ0v) is 13.3. The Morgan fingerprint density at radius 1 is 1.17 bits per heavy atom. The Morgan fingerprint density at radius 3 is 2.96 bits per heavy atom. The Morgan fingerprint density at radius 2 is 2.09 bits per heavy atom. The van der Waals surface area contributed by atoms with Gasteiger partial charge in [0, 0.05) is 29.5 Å². The van der Waals surface area contributed by atoms with Crippen LogP contribution in [0.5, 0.6) is 0 Å². The molecule has 1 aromatic carbocycles. The van der Waals surface area contributed by atoms with Crippen LogP contribution >= 0.6 is 11.3 Å². The number of para-hydroxylation sites is 1. The number of aromatic amines is 1. The van der Waals surface area contributed by atoms with E-state index in [2.05, 4.69) is 32.9 Å². The van der Waals surface area contributed by atoms with Gasteiger partial charge in [-0.1, -0.05) is 18.2 Å². The molecule has 0 unspecified atom stereocenters. The average molecular weight is 321 g/mol. The number of thiophene rings is 1. The van der Waals surface area contributed by atoms with E-state index < -0.39 is 0 Å². The highest BCUT2D eigenvalue weighted by atomic mass is 32.1. The minimum atomic E-state index is -0.0731. The summed E-state index contributed by atoms with van der Waals surface area (Å²) in [5.41, 5.74) is 4.05. The van der Waals surface area contributed by atoms with Crippen LogP contribution in [0.15, 0.2) is 57.0 Å². The van der Waals surface area contributed by atoms with Gasteiger partial charge < -0.3 is 4.98 Å². The molecule has 114 valence electrons. The van der Waals surface area contributed by atoms with Crippen LogP contribution in [0, 0.1) is 0 Å². The maximum absolute atomic E-state index is 12.1. The largest absolute Gasteiger partial charge is 0.310 e. The third-order valence-corrected chi connectivity index (χ3v) is 4.62. The summed E-state index contributed by atoms with van der Waals surface area (Å²) in [5.74, 6) is 0.723. The summed E-state index contributed by atoms with van der Waals surface area (Å²) >= 11 is 1.68. The molecule has 4 rings (SSSR count). The van der Waals surface area contributed by atoms with Gasteiger partial charge in [0.15, 0.2) is 0 Å². The first-order valence-electron chi connectivity index (χ1n) is 7.57. The second-order valence-corrected chi connectivity index (χ2v) is 6.29. The lowest BCUT2D eigenvalue weighted by Crippen LogP contribution is -2.12. The SMILES string of the molecule is O=c1[nH]c(CCC2=NC(c3ccsc3)=CC2)nc2ccccc12. The molecule has 4 nitrogen and oxygen atoms in total. The van der Waals surface area contributed by atoms with Crippen LogP contribution in [0.2, 0.25) is 0 Å². The smallest absolute Gasteiger partial charge is 0.258 e. The van der Waals surface area contributed by atoms with E-state index in [1.807, 2.05) is 18.2 Å². The summed E-state index contributed by atoms with van der Waals surface area (Å²) in [7, 11) is 0. The minimum Gasteiger partial charge on any atom is -0.310 e. The standard InChI is InChI=1S/C18H15N3OS/c22-18-14-3-1-2-4-16(14)20-17(21-18)8-6-13-5-7-15(19-13)12-9-10-23-11-12/h1-4,7,9-11H,5-6,8H2,(H,20,21,22). The van der Waals surface area contributed by atoms with Crippen molar-refractivity contribution in [3.05, 3.63) is 68.9 Å². The Kier molecular flexibility index (Phi) is 3.63. The van der Waals surface area contributed by atoms with Crippen molar-refractivity contribution in [1.29, 1.82) is 0 Å². The maximum atomic E-state index is 12.1. The lowest BCUT2D eigenvalue weighted by atomic mass is 10.1. The highest BCUT2D eigenvalue weighted by Crippen LogP contribution is 2.25. The van der Waals surface area contributed by atoms with Crippen molar-refractivity contribution in [2.75, 3.05) is 0 Å². The van der Waals surface area contributed by atoms with Gasteiger partial charge in [0.1, 0.15) is 5.82 Å². The highest BCUT2D eigenvalue weighted by Gasteiger charge is 2.12. The molecule has 0 aliphatic carbocycles. The molecule has 0 amide bonds. The van der Waals surface area contributed by atoms with Crippen molar-refractivity contribution in [3.8, 4) is 0 Å². The lowest BCUT2D eigenvalue weighted by Gasteiger charge is -2.03. The maximum Gasteiger partial charge on any atom is 0.258 e. The van der Waals surface area contributed by atoms with Crippen molar-refractivity contribution >= 4 is 33.6 Å². The van der Waals surface area contributed by atoms with E-state index in [9.17, 15) is 4.79 Å². The summed E-state index contributed by atoms with van der Waals surface area (Å²) in [6, 6.07) is 9.51. The molecule has 5 heteroatoms. The fourth-order valence-corrected chi connectivity index (χ4v) is 3.39. The first kappa shape index (κ1) is 14.1. The quantitative estimate of drug-likeness (QED) is 0.794. The van der Waals surface area contributed by atoms with Crippen LogP contribution < -0.4 is 5.56 Å². The Balaban J connectivity index is 1.50. The molecule has 0 fully saturated rings. The zero-order chi connectivity index (χ0) is 15.6. The number of aromatic nitrogens is 2. The van der Waals surface area contributed by atoms with Crippen LogP contribution in [0.3, 0.4) is 0 Å². The van der Waals surface area contributed by atoms with Crippen LogP contribution in [-0.4, -0.2) is 15.7 Å². The number of aryl methyl sites for hydroxylation is 1. The van der Waals surface area contributed by atoms with Gasteiger partial charge in [-0.15, -0.1) is 0 Å². The molecule has 23 heavy (non-hydrogen) atoms. The van der Waals surface area contributed by atoms with Gasteiger partial charge in [0.25, 0.3) is 5.56 Å². The minimum absolute atomic E-state index is 0.0731. The number of aliphatic imine (C=N–C) groups is 1. The van der Waals surface area contributed by atoms with Crippen LogP contribution in [0.25, 0.3) is 16.6 Å². The summed E-state index contributed by atoms with van der Waals surface area (Å²) in [5, 5.41) is 4.81. The van der Waals surface area contributed by atoms with Gasteiger partial charge in [-0.3, -0.25) is 9.79 Å². The van der Waals surface area contributed by atoms with Gasteiger partial charge >= 0.3 is 0 Å². The molecule has 3 aromatic rings. The zero-order valence-electron chi connectivity index (χ0n) is 12.5. The van der Waals surface area contributed by atoms with Crippen molar-refractivity contribution in [1.82, 2.24) is 9.97 Å². The Bertz CT molecular complexity index is 967. The molecule has 0 saturated carbocycles. The topological polar surface area (TPSA) is 58.1 Å². The number of hydrogen-bond donors (Lipinski definition) is 1. The van der Waals surface area contributed by atoms with Crippen molar-refractivity contribution in [3.63, 3.8) is 0 Å². The second kappa shape index (κ2) is 5.93. The first-order chi connectivity index (χ1) is 11.3. The third-order valence-electron chi connectivity index (χ3n) is 3.94. The predicted molar refractivity (Wildman–Crippen MR) is 95.0 cm³/mol. The van der Waals surface area contributed by atoms with Crippen molar-refractivity contribution in [2.45, 2.75) is 19.3 Å². The van der Waals surface area contributed by atoms with Crippen molar-refractivity contribution in [2.24, 2.45) is 4.99 Å². The molecule has 0 atom stereocenters. The molecule has 1 aliphatic rings. The van der Waals surface area contributed by atoms with Gasteiger partial charge in [-0.05, 0) is 30.0 Å². The lowest BCUT2D eigenvalue weighted by molar-refractivity contribution is 0.896. The number of fused-ring (bicyclic) bond motifs is 1. The number of allylic oxidation sites excluding steroid dienone is 1. The molecule has 2 aromatic heterocycles. The van der Waals surface area contributed by atoms with Gasteiger partial charge in [-0.2, -0.15) is 11.3 Å². The number of nitrogens with zero attached hydrogens (tertiary/aromatic N) is 2. The monoisotopic (exact) mass is 321 g/mol. The summed E-state index contributed by atoms with van der Waals surface area (Å²) < 4.78 is 0. The molecule has 0 radical (unpaired) electrons. The molecular weight excluding hydrogens is 306 g/mol. The number of H-pyrrole nitrogens is 1. The first-order valence-corrected chi connectivity index (χ1v) is 8.51. The molecule has 0 spiro atoms. The van der Waals surface area contributed by atoms with Crippen LogP contribution in [-0.2, 0) is 6.42 Å². The summed E-state index contributed by atoms with van der Waals surface area (Å²) in [6.45, 7) is 0. The van der Waals surface area contributed by atoms with Crippen LogP contribution in [0.1, 0.15) is 24.2 Å². The summed E-state index contributed by atoms with van der Waals surface area (Å²) in [4.78, 5) is 24.2. The number of rotatable bonds is 4. The van der Waals surface area contributed by atoms with Crippen LogP contribution in [0.4, 0.5) is 0 Å². The molecule has 0 saturated heterocycles. The van der Waals surface area contributed by atoms with E-state index in [0.717, 1.165) is 35.6 Å². The Labute approximate surface area is 137 Å². The van der Waals surface area contributed by atoms with E-state index in [1.54, 1.807) is 17.4 Å². The van der Waals surface area contributed by atoms with E-state index in [4.69, 9.17) is 4.99 Å². The number of hydrogen-bond acceptors (Lipinski definition) is 4. The van der Waals surface area contributed by atoms with E-state index in [1.165, 1.54) is 5.56 Å². The predicted octanol–water partition coefficient (Wildman–Crippen LogP) is 3.80. The Hall–Kier alpha value is -2.53.